The van der Waals surface area contributed by atoms with E-state index < -0.39 is 11.7 Å². The second-order valence-electron chi connectivity index (χ2n) is 16.7. The van der Waals surface area contributed by atoms with E-state index >= 15 is 0 Å². The van der Waals surface area contributed by atoms with Crippen LogP contribution in [0.2, 0.25) is 0 Å². The first-order valence-corrected chi connectivity index (χ1v) is 21.6. The van der Waals surface area contributed by atoms with Crippen LogP contribution < -0.4 is 0 Å². The Morgan fingerprint density at radius 1 is 0.394 bits per heavy atom. The highest BCUT2D eigenvalue weighted by atomic mass is 19.4. The lowest BCUT2D eigenvalue weighted by Crippen LogP contribution is -2.07. The molecule has 0 bridgehead atoms. The predicted molar refractivity (Wildman–Crippen MR) is 261 cm³/mol. The van der Waals surface area contributed by atoms with Crippen molar-refractivity contribution in [3.63, 3.8) is 0 Å². The number of aryl methyl sites for hydroxylation is 2. The molecule has 0 radical (unpaired) electrons. The largest absolute Gasteiger partial charge is 0.416 e. The normalized spacial score (nSPS) is 11.7. The summed E-state index contributed by atoms with van der Waals surface area (Å²) < 4.78 is 47.1. The highest BCUT2D eigenvalue weighted by molar-refractivity contribution is 6.13. The van der Waals surface area contributed by atoms with Crippen LogP contribution in [0.3, 0.4) is 0 Å². The van der Waals surface area contributed by atoms with E-state index in [9.17, 15) is 23.7 Å². The zero-order valence-electron chi connectivity index (χ0n) is 35.8. The molecular weight excluding hydrogens is 822 g/mol. The van der Waals surface area contributed by atoms with Crippen molar-refractivity contribution in [3.05, 3.63) is 216 Å². The molecule has 0 aliphatic heterocycles. The smallest absolute Gasteiger partial charge is 0.309 e. The minimum atomic E-state index is -4.66. The molecule has 0 atom stereocenters. The molecule has 0 aliphatic rings. The molecule has 0 spiro atoms. The average molecular weight is 859 g/mol. The summed E-state index contributed by atoms with van der Waals surface area (Å²) in [5.41, 5.74) is 13.0. The fourth-order valence-electron chi connectivity index (χ4n) is 9.94. The van der Waals surface area contributed by atoms with E-state index in [1.54, 1.807) is 6.07 Å². The van der Waals surface area contributed by atoms with E-state index in [2.05, 4.69) is 120 Å². The molecule has 0 aliphatic carbocycles. The van der Waals surface area contributed by atoms with E-state index in [4.69, 9.17) is 0 Å². The van der Waals surface area contributed by atoms with E-state index in [1.807, 2.05) is 78.9 Å². The minimum Gasteiger partial charge on any atom is -0.309 e. The van der Waals surface area contributed by atoms with Gasteiger partial charge in [0.2, 0.25) is 0 Å². The molecule has 9 aromatic carbocycles. The SMILES string of the molecule is Cc1ccccc1-c1ccc2c(c1)c1ccccc1n2-c1cccc(C#N)c1-c1c(-c2ccc(C(F)(F)F)cc2C#N)cccc1-n1c2ccccc2c2cc(-c3ccccc3C)ccc21. The van der Waals surface area contributed by atoms with Crippen molar-refractivity contribution in [2.24, 2.45) is 0 Å². The monoisotopic (exact) mass is 858 g/mol. The summed E-state index contributed by atoms with van der Waals surface area (Å²) in [6.45, 7) is 4.20. The Hall–Kier alpha value is -8.65. The molecule has 4 nitrogen and oxygen atoms in total. The van der Waals surface area contributed by atoms with Gasteiger partial charge in [-0.1, -0.05) is 121 Å². The fraction of sp³-hybridized carbons (Fsp3) is 0.0508. The number of nitriles is 2. The van der Waals surface area contributed by atoms with Crippen LogP contribution in [0.25, 0.3) is 99.5 Å². The van der Waals surface area contributed by atoms with Crippen LogP contribution in [0.4, 0.5) is 13.2 Å². The van der Waals surface area contributed by atoms with Gasteiger partial charge in [0, 0.05) is 38.2 Å². The zero-order chi connectivity index (χ0) is 45.3. The van der Waals surface area contributed by atoms with E-state index in [0.717, 1.165) is 89.1 Å². The number of hydrogen-bond donors (Lipinski definition) is 0. The van der Waals surface area contributed by atoms with E-state index in [1.165, 1.54) is 6.07 Å². The third kappa shape index (κ3) is 6.36. The Morgan fingerprint density at radius 2 is 0.864 bits per heavy atom. The molecular formula is C59H37F3N4. The summed E-state index contributed by atoms with van der Waals surface area (Å²) in [5, 5.41) is 25.8. The van der Waals surface area contributed by atoms with Crippen LogP contribution in [0.1, 0.15) is 27.8 Å². The Morgan fingerprint density at radius 3 is 1.39 bits per heavy atom. The molecule has 11 aromatic rings. The van der Waals surface area contributed by atoms with Crippen LogP contribution >= 0.6 is 0 Å². The van der Waals surface area contributed by atoms with Crippen LogP contribution in [0.5, 0.6) is 0 Å². The quantitative estimate of drug-likeness (QED) is 0.167. The number of fused-ring (bicyclic) bond motifs is 6. The molecule has 11 rings (SSSR count). The first kappa shape index (κ1) is 40.1. The first-order valence-electron chi connectivity index (χ1n) is 21.6. The standard InChI is InChI=1S/C59H37F3N4/c1-36-13-3-5-16-43(36)38-25-29-53-49(32-38)46-18-7-9-21-51(46)65(53)55-23-11-15-40(34-63)57(55)58-48(45-28-27-42(59(60,61)62)31-41(45)35-64)20-12-24-56(58)66-52-22-10-8-19-47(52)50-33-39(26-30-54(50)66)44-17-6-4-14-37(44)2/h3-33H,1-2H3. The first-order chi connectivity index (χ1) is 32.1. The van der Waals surface area contributed by atoms with Crippen molar-refractivity contribution >= 4 is 43.6 Å². The molecule has 0 saturated carbocycles. The average Bonchev–Trinajstić information content (AvgIpc) is 3.85. The van der Waals surface area contributed by atoms with Crippen LogP contribution in [-0.4, -0.2) is 9.13 Å². The van der Waals surface area contributed by atoms with Crippen molar-refractivity contribution in [3.8, 4) is 68.0 Å². The van der Waals surface area contributed by atoms with Gasteiger partial charge >= 0.3 is 6.18 Å². The highest BCUT2D eigenvalue weighted by Crippen LogP contribution is 2.48. The second-order valence-corrected chi connectivity index (χ2v) is 16.7. The van der Waals surface area contributed by atoms with Gasteiger partial charge in [0.05, 0.1) is 62.3 Å². The Labute approximate surface area is 378 Å². The number of halogens is 3. The van der Waals surface area contributed by atoms with Crippen molar-refractivity contribution in [1.29, 1.82) is 10.5 Å². The number of para-hydroxylation sites is 2. The van der Waals surface area contributed by atoms with Crippen molar-refractivity contribution in [2.45, 2.75) is 20.0 Å². The molecule has 0 unspecified atom stereocenters. The Bertz CT molecular complexity index is 3870. The van der Waals surface area contributed by atoms with Crippen molar-refractivity contribution < 1.29 is 13.2 Å². The third-order valence-electron chi connectivity index (χ3n) is 13.0. The summed E-state index contributed by atoms with van der Waals surface area (Å²) >= 11 is 0. The molecule has 0 N–H and O–H groups in total. The molecule has 2 heterocycles. The summed E-state index contributed by atoms with van der Waals surface area (Å²) in [7, 11) is 0. The Balaban J connectivity index is 1.27. The van der Waals surface area contributed by atoms with Crippen LogP contribution in [0.15, 0.2) is 188 Å². The number of aromatic nitrogens is 2. The van der Waals surface area contributed by atoms with Crippen LogP contribution in [-0.2, 0) is 6.18 Å². The van der Waals surface area contributed by atoms with Gasteiger partial charge in [-0.05, 0) is 120 Å². The van der Waals surface area contributed by atoms with Gasteiger partial charge in [-0.2, -0.15) is 23.7 Å². The topological polar surface area (TPSA) is 57.4 Å². The lowest BCUT2D eigenvalue weighted by molar-refractivity contribution is -0.137. The molecule has 7 heteroatoms. The van der Waals surface area contributed by atoms with Gasteiger partial charge in [-0.3, -0.25) is 0 Å². The molecule has 0 saturated heterocycles. The van der Waals surface area contributed by atoms with Gasteiger partial charge in [-0.15, -0.1) is 0 Å². The van der Waals surface area contributed by atoms with E-state index in [-0.39, 0.29) is 5.56 Å². The van der Waals surface area contributed by atoms with Crippen molar-refractivity contribution in [1.82, 2.24) is 9.13 Å². The number of rotatable bonds is 6. The second kappa shape index (κ2) is 15.6. The van der Waals surface area contributed by atoms with Gasteiger partial charge in [-0.25, -0.2) is 0 Å². The molecule has 2 aromatic heterocycles. The summed E-state index contributed by atoms with van der Waals surface area (Å²) in [4.78, 5) is 0. The third-order valence-corrected chi connectivity index (χ3v) is 13.0. The maximum atomic E-state index is 14.2. The highest BCUT2D eigenvalue weighted by Gasteiger charge is 2.32. The molecule has 0 amide bonds. The predicted octanol–water partition coefficient (Wildman–Crippen LogP) is 15.9. The number of alkyl halides is 3. The zero-order valence-corrected chi connectivity index (χ0v) is 35.8. The number of nitrogens with zero attached hydrogens (tertiary/aromatic N) is 4. The summed E-state index contributed by atoms with van der Waals surface area (Å²) in [6.07, 6.45) is -4.66. The van der Waals surface area contributed by atoms with Gasteiger partial charge < -0.3 is 9.13 Å². The van der Waals surface area contributed by atoms with Crippen LogP contribution in [0, 0.1) is 36.5 Å². The summed E-state index contributed by atoms with van der Waals surface area (Å²) in [6, 6.07) is 65.1. The minimum absolute atomic E-state index is 0.134. The number of hydrogen-bond acceptors (Lipinski definition) is 2. The summed E-state index contributed by atoms with van der Waals surface area (Å²) in [5.74, 6) is 0. The number of benzene rings is 9. The molecule has 0 fully saturated rings. The van der Waals surface area contributed by atoms with Gasteiger partial charge in [0.25, 0.3) is 0 Å². The van der Waals surface area contributed by atoms with E-state index in [0.29, 0.717) is 39.2 Å². The maximum absolute atomic E-state index is 14.2. The molecule has 66 heavy (non-hydrogen) atoms. The van der Waals surface area contributed by atoms with Gasteiger partial charge in [0.15, 0.2) is 0 Å². The maximum Gasteiger partial charge on any atom is 0.416 e. The lowest BCUT2D eigenvalue weighted by Gasteiger charge is -2.23. The van der Waals surface area contributed by atoms with Crippen molar-refractivity contribution in [2.75, 3.05) is 0 Å². The lowest BCUT2D eigenvalue weighted by atomic mass is 9.87. The fourth-order valence-corrected chi connectivity index (χ4v) is 9.94. The van der Waals surface area contributed by atoms with Gasteiger partial charge in [0.1, 0.15) is 0 Å². The Kier molecular flexibility index (Phi) is 9.46. The molecule has 314 valence electrons.